The predicted octanol–water partition coefficient (Wildman–Crippen LogP) is 2.21. The zero-order chi connectivity index (χ0) is 13.0. The van der Waals surface area contributed by atoms with E-state index in [2.05, 4.69) is 10.6 Å². The Morgan fingerprint density at radius 2 is 2.00 bits per heavy atom. The molecule has 6 nitrogen and oxygen atoms in total. The number of amides is 2. The van der Waals surface area contributed by atoms with Crippen LogP contribution >= 0.6 is 0 Å². The van der Waals surface area contributed by atoms with E-state index in [1.807, 2.05) is 24.3 Å². The van der Waals surface area contributed by atoms with Gasteiger partial charge in [0.25, 0.3) is 5.69 Å². The molecule has 0 heterocycles. The average Bonchev–Trinajstić information content (AvgIpc) is 2.82. The van der Waals surface area contributed by atoms with Gasteiger partial charge in [0, 0.05) is 17.8 Å². The van der Waals surface area contributed by atoms with Crippen molar-refractivity contribution in [1.29, 1.82) is 0 Å². The summed E-state index contributed by atoms with van der Waals surface area (Å²) in [6, 6.07) is 5.24. The molecular formula is C12H11N3O3. The van der Waals surface area contributed by atoms with Gasteiger partial charge in [0.15, 0.2) is 0 Å². The molecule has 6 heteroatoms. The van der Waals surface area contributed by atoms with Crippen LogP contribution in [0.15, 0.2) is 48.6 Å². The summed E-state index contributed by atoms with van der Waals surface area (Å²) < 4.78 is 0. The van der Waals surface area contributed by atoms with Crippen LogP contribution in [0, 0.1) is 10.1 Å². The van der Waals surface area contributed by atoms with Gasteiger partial charge in [0.1, 0.15) is 0 Å². The lowest BCUT2D eigenvalue weighted by atomic mass is 10.3. The van der Waals surface area contributed by atoms with Crippen molar-refractivity contribution in [2.24, 2.45) is 0 Å². The van der Waals surface area contributed by atoms with Crippen molar-refractivity contribution in [3.05, 3.63) is 58.7 Å². The average molecular weight is 245 g/mol. The summed E-state index contributed by atoms with van der Waals surface area (Å²) in [6.45, 7) is 0. The van der Waals surface area contributed by atoms with Crippen molar-refractivity contribution in [3.8, 4) is 0 Å². The third-order valence-corrected chi connectivity index (χ3v) is 2.36. The third kappa shape index (κ3) is 2.94. The van der Waals surface area contributed by atoms with E-state index in [9.17, 15) is 14.9 Å². The minimum atomic E-state index is -0.508. The van der Waals surface area contributed by atoms with Crippen molar-refractivity contribution >= 4 is 17.4 Å². The molecule has 2 amide bonds. The molecule has 0 unspecified atom stereocenters. The summed E-state index contributed by atoms with van der Waals surface area (Å²) in [5.41, 5.74) is 0.320. The zero-order valence-electron chi connectivity index (χ0n) is 9.37. The number of urea groups is 1. The number of rotatable bonds is 3. The van der Waals surface area contributed by atoms with Gasteiger partial charge in [-0.3, -0.25) is 10.1 Å². The van der Waals surface area contributed by atoms with E-state index in [1.165, 1.54) is 18.2 Å². The van der Waals surface area contributed by atoms with E-state index in [-0.39, 0.29) is 11.7 Å². The number of anilines is 1. The highest BCUT2D eigenvalue weighted by atomic mass is 16.6. The van der Waals surface area contributed by atoms with Gasteiger partial charge in [-0.2, -0.15) is 0 Å². The zero-order valence-corrected chi connectivity index (χ0v) is 9.37. The molecule has 1 aromatic carbocycles. The summed E-state index contributed by atoms with van der Waals surface area (Å²) in [5, 5.41) is 15.8. The van der Waals surface area contributed by atoms with Crippen LogP contribution in [0.5, 0.6) is 0 Å². The maximum atomic E-state index is 11.6. The summed E-state index contributed by atoms with van der Waals surface area (Å²) in [4.78, 5) is 21.7. The summed E-state index contributed by atoms with van der Waals surface area (Å²) >= 11 is 0. The van der Waals surface area contributed by atoms with Crippen LogP contribution in [-0.2, 0) is 0 Å². The first kappa shape index (κ1) is 11.8. The first-order chi connectivity index (χ1) is 8.65. The fraction of sp³-hybridized carbons (Fsp3) is 0.0833. The Balaban J connectivity index is 1.98. The highest BCUT2D eigenvalue weighted by Gasteiger charge is 2.10. The summed E-state index contributed by atoms with van der Waals surface area (Å²) in [7, 11) is 0. The predicted molar refractivity (Wildman–Crippen MR) is 67.3 cm³/mol. The second-order valence-corrected chi connectivity index (χ2v) is 3.70. The number of benzene rings is 1. The van der Waals surface area contributed by atoms with E-state index in [4.69, 9.17) is 0 Å². The quantitative estimate of drug-likeness (QED) is 0.632. The van der Waals surface area contributed by atoms with E-state index in [1.54, 1.807) is 6.07 Å². The molecule has 0 fully saturated rings. The highest BCUT2D eigenvalue weighted by molar-refractivity contribution is 5.90. The number of allylic oxidation sites excluding steroid dienone is 2. The molecule has 0 spiro atoms. The maximum Gasteiger partial charge on any atom is 0.319 e. The van der Waals surface area contributed by atoms with Gasteiger partial charge >= 0.3 is 6.03 Å². The number of nitrogens with one attached hydrogen (secondary N) is 2. The first-order valence-electron chi connectivity index (χ1n) is 5.32. The van der Waals surface area contributed by atoms with Crippen LogP contribution in [0.2, 0.25) is 0 Å². The van der Waals surface area contributed by atoms with Gasteiger partial charge < -0.3 is 10.6 Å². The second kappa shape index (κ2) is 5.13. The van der Waals surface area contributed by atoms with E-state index >= 15 is 0 Å². The molecule has 0 aliphatic heterocycles. The number of nitro groups is 1. The lowest BCUT2D eigenvalue weighted by molar-refractivity contribution is -0.384. The van der Waals surface area contributed by atoms with Gasteiger partial charge in [-0.1, -0.05) is 30.4 Å². The van der Waals surface area contributed by atoms with Gasteiger partial charge in [-0.05, 0) is 6.07 Å². The SMILES string of the molecule is O=C(Nc1cccc([N+](=O)[O-])c1)NC1C=CC=C1. The largest absolute Gasteiger partial charge is 0.328 e. The number of carbonyl (C=O) groups is 1. The fourth-order valence-corrected chi connectivity index (χ4v) is 1.54. The Morgan fingerprint density at radius 1 is 1.28 bits per heavy atom. The van der Waals surface area contributed by atoms with E-state index in [0.29, 0.717) is 5.69 Å². The standard InChI is InChI=1S/C12H11N3O3/c16-12(13-9-4-1-2-5-9)14-10-6-3-7-11(8-10)15(17)18/h1-9H,(H2,13,14,16). The Hall–Kier alpha value is -2.63. The van der Waals surface area contributed by atoms with Crippen LogP contribution in [0.3, 0.4) is 0 Å². The molecule has 0 atom stereocenters. The topological polar surface area (TPSA) is 84.3 Å². The Morgan fingerprint density at radius 3 is 2.67 bits per heavy atom. The number of nitrogens with zero attached hydrogens (tertiary/aromatic N) is 1. The van der Waals surface area contributed by atoms with E-state index < -0.39 is 11.0 Å². The molecule has 18 heavy (non-hydrogen) atoms. The lowest BCUT2D eigenvalue weighted by Crippen LogP contribution is -2.34. The number of carbonyl (C=O) groups excluding carboxylic acids is 1. The molecule has 0 bridgehead atoms. The normalized spacial score (nSPS) is 13.6. The van der Waals surface area contributed by atoms with Crippen molar-refractivity contribution in [3.63, 3.8) is 0 Å². The molecule has 0 radical (unpaired) electrons. The van der Waals surface area contributed by atoms with Crippen LogP contribution in [0.25, 0.3) is 0 Å². The molecule has 2 rings (SSSR count). The number of hydrogen-bond acceptors (Lipinski definition) is 3. The Labute approximate surface area is 103 Å². The van der Waals surface area contributed by atoms with Gasteiger partial charge in [0.05, 0.1) is 11.0 Å². The minimum absolute atomic E-state index is 0.0616. The molecule has 2 N–H and O–H groups in total. The van der Waals surface area contributed by atoms with Crippen molar-refractivity contribution in [1.82, 2.24) is 5.32 Å². The second-order valence-electron chi connectivity index (χ2n) is 3.70. The van der Waals surface area contributed by atoms with Gasteiger partial charge in [0.2, 0.25) is 0 Å². The molecule has 1 aliphatic rings. The molecule has 92 valence electrons. The van der Waals surface area contributed by atoms with Crippen LogP contribution in [0.1, 0.15) is 0 Å². The highest BCUT2D eigenvalue weighted by Crippen LogP contribution is 2.16. The molecular weight excluding hydrogens is 234 g/mol. The molecule has 0 saturated heterocycles. The van der Waals surface area contributed by atoms with Crippen LogP contribution in [-0.4, -0.2) is 17.0 Å². The third-order valence-electron chi connectivity index (χ3n) is 2.36. The Kier molecular flexibility index (Phi) is 3.38. The van der Waals surface area contributed by atoms with Crippen molar-refractivity contribution in [2.75, 3.05) is 5.32 Å². The molecule has 1 aliphatic carbocycles. The van der Waals surface area contributed by atoms with Crippen LogP contribution < -0.4 is 10.6 Å². The molecule has 0 saturated carbocycles. The summed E-state index contributed by atoms with van der Waals surface area (Å²) in [6.07, 6.45) is 7.32. The lowest BCUT2D eigenvalue weighted by Gasteiger charge is -2.10. The van der Waals surface area contributed by atoms with Gasteiger partial charge in [-0.15, -0.1) is 0 Å². The van der Waals surface area contributed by atoms with Crippen molar-refractivity contribution in [2.45, 2.75) is 6.04 Å². The number of non-ortho nitro benzene ring substituents is 1. The summed E-state index contributed by atoms with van der Waals surface area (Å²) in [5.74, 6) is 0. The number of nitro benzene ring substituents is 1. The Bertz CT molecular complexity index is 525. The number of hydrogen-bond donors (Lipinski definition) is 2. The smallest absolute Gasteiger partial charge is 0.319 e. The minimum Gasteiger partial charge on any atom is -0.328 e. The molecule has 0 aromatic heterocycles. The fourth-order valence-electron chi connectivity index (χ4n) is 1.54. The molecule has 1 aromatic rings. The van der Waals surface area contributed by atoms with Crippen LogP contribution in [0.4, 0.5) is 16.2 Å². The first-order valence-corrected chi connectivity index (χ1v) is 5.32. The maximum absolute atomic E-state index is 11.6. The van der Waals surface area contributed by atoms with Gasteiger partial charge in [-0.25, -0.2) is 4.79 Å². The van der Waals surface area contributed by atoms with Crippen molar-refractivity contribution < 1.29 is 9.72 Å². The van der Waals surface area contributed by atoms with E-state index in [0.717, 1.165) is 0 Å². The monoisotopic (exact) mass is 245 g/mol.